The molecule has 1 heterocycles. The molecule has 0 aliphatic carbocycles. The normalized spacial score (nSPS) is 10.6. The van der Waals surface area contributed by atoms with E-state index in [9.17, 15) is 4.79 Å². The molecule has 0 saturated heterocycles. The second-order valence-corrected chi connectivity index (χ2v) is 4.42. The van der Waals surface area contributed by atoms with Crippen molar-refractivity contribution in [2.45, 2.75) is 20.3 Å². The summed E-state index contributed by atoms with van der Waals surface area (Å²) in [6.07, 6.45) is -0.174. The number of carboxylic acid groups (broad SMARTS) is 1. The van der Waals surface area contributed by atoms with E-state index < -0.39 is 5.97 Å². The Kier molecular flexibility index (Phi) is 3.34. The number of aliphatic carboxylic acids is 1. The van der Waals surface area contributed by atoms with Gasteiger partial charge in [0.05, 0.1) is 5.69 Å². The van der Waals surface area contributed by atoms with Gasteiger partial charge in [-0.2, -0.15) is 5.10 Å². The summed E-state index contributed by atoms with van der Waals surface area (Å²) < 4.78 is 1.53. The molecule has 0 saturated carbocycles. The molecule has 1 aromatic heterocycles. The molecule has 2 rings (SSSR count). The molecule has 0 aliphatic rings. The van der Waals surface area contributed by atoms with Crippen LogP contribution in [0.4, 0.5) is 0 Å². The van der Waals surface area contributed by atoms with Gasteiger partial charge in [0, 0.05) is 5.02 Å². The number of benzene rings is 1. The fourth-order valence-corrected chi connectivity index (χ4v) is 1.88. The lowest BCUT2D eigenvalue weighted by Gasteiger charge is -2.08. The molecule has 0 spiro atoms. The first-order valence-electron chi connectivity index (χ1n) is 5.38. The van der Waals surface area contributed by atoms with Crippen molar-refractivity contribution >= 4 is 17.6 Å². The minimum atomic E-state index is -0.941. The van der Waals surface area contributed by atoms with Gasteiger partial charge >= 0.3 is 5.97 Å². The summed E-state index contributed by atoms with van der Waals surface area (Å²) >= 11 is 5.95. The maximum absolute atomic E-state index is 10.8. The van der Waals surface area contributed by atoms with Gasteiger partial charge in [0.15, 0.2) is 0 Å². The highest BCUT2D eigenvalue weighted by Gasteiger charge is 2.14. The Morgan fingerprint density at radius 2 is 2.17 bits per heavy atom. The molecule has 94 valence electrons. The van der Waals surface area contributed by atoms with Gasteiger partial charge in [0.1, 0.15) is 18.1 Å². The van der Waals surface area contributed by atoms with Gasteiger partial charge in [-0.25, -0.2) is 9.67 Å². The Hall–Kier alpha value is -1.88. The average molecular weight is 266 g/mol. The molecule has 0 unspecified atom stereocenters. The summed E-state index contributed by atoms with van der Waals surface area (Å²) in [7, 11) is 0. The highest BCUT2D eigenvalue weighted by atomic mass is 35.5. The number of hydrogen-bond acceptors (Lipinski definition) is 3. The molecular formula is C12H12ClN3O2. The molecule has 0 bridgehead atoms. The van der Waals surface area contributed by atoms with E-state index in [1.807, 2.05) is 13.0 Å². The van der Waals surface area contributed by atoms with E-state index in [0.717, 1.165) is 11.3 Å². The highest BCUT2D eigenvalue weighted by molar-refractivity contribution is 6.30. The second kappa shape index (κ2) is 4.78. The molecule has 5 nitrogen and oxygen atoms in total. The lowest BCUT2D eigenvalue weighted by Crippen LogP contribution is -2.10. The number of aromatic nitrogens is 3. The van der Waals surface area contributed by atoms with E-state index in [1.54, 1.807) is 19.1 Å². The molecular weight excluding hydrogens is 254 g/mol. The molecule has 0 fully saturated rings. The molecule has 18 heavy (non-hydrogen) atoms. The van der Waals surface area contributed by atoms with Crippen LogP contribution >= 0.6 is 11.6 Å². The molecule has 0 radical (unpaired) electrons. The van der Waals surface area contributed by atoms with Crippen molar-refractivity contribution in [2.75, 3.05) is 0 Å². The van der Waals surface area contributed by atoms with Gasteiger partial charge in [-0.1, -0.05) is 17.7 Å². The smallest absolute Gasteiger partial charge is 0.311 e. The monoisotopic (exact) mass is 265 g/mol. The van der Waals surface area contributed by atoms with Crippen LogP contribution in [0, 0.1) is 13.8 Å². The second-order valence-electron chi connectivity index (χ2n) is 3.99. The third-order valence-corrected chi connectivity index (χ3v) is 2.72. The van der Waals surface area contributed by atoms with Gasteiger partial charge in [-0.05, 0) is 31.5 Å². The zero-order chi connectivity index (χ0) is 13.3. The fourth-order valence-electron chi connectivity index (χ4n) is 1.71. The van der Waals surface area contributed by atoms with Crippen molar-refractivity contribution in [3.05, 3.63) is 40.4 Å². The summed E-state index contributed by atoms with van der Waals surface area (Å²) in [6.45, 7) is 3.63. The summed E-state index contributed by atoms with van der Waals surface area (Å²) in [5.74, 6) is -0.0145. The first kappa shape index (κ1) is 12.6. The van der Waals surface area contributed by atoms with Crippen LogP contribution in [-0.2, 0) is 11.2 Å². The number of carboxylic acids is 1. The lowest BCUT2D eigenvalue weighted by atomic mass is 10.2. The lowest BCUT2D eigenvalue weighted by molar-refractivity contribution is -0.136. The van der Waals surface area contributed by atoms with Crippen molar-refractivity contribution in [1.82, 2.24) is 14.8 Å². The van der Waals surface area contributed by atoms with Crippen LogP contribution in [0.3, 0.4) is 0 Å². The minimum absolute atomic E-state index is 0.174. The van der Waals surface area contributed by atoms with E-state index in [4.69, 9.17) is 16.7 Å². The van der Waals surface area contributed by atoms with Crippen molar-refractivity contribution in [3.63, 3.8) is 0 Å². The Bertz CT molecular complexity index is 607. The van der Waals surface area contributed by atoms with Gasteiger partial charge in [-0.15, -0.1) is 0 Å². The largest absolute Gasteiger partial charge is 0.481 e. The number of halogens is 1. The predicted octanol–water partition coefficient (Wildman–Crippen LogP) is 2.16. The number of hydrogen-bond donors (Lipinski definition) is 1. The number of aryl methyl sites for hydroxylation is 2. The van der Waals surface area contributed by atoms with Gasteiger partial charge < -0.3 is 5.11 Å². The third kappa shape index (κ3) is 2.51. The van der Waals surface area contributed by atoms with Gasteiger partial charge in [-0.3, -0.25) is 4.79 Å². The van der Waals surface area contributed by atoms with Crippen LogP contribution in [0.15, 0.2) is 18.2 Å². The number of nitrogens with zero attached hydrogens (tertiary/aromatic N) is 3. The standard InChI is InChI=1S/C12H12ClN3O2/c1-7-3-4-9(13)5-10(7)16-11(6-12(17)18)14-8(2)15-16/h3-5H,6H2,1-2H3,(H,17,18). The van der Waals surface area contributed by atoms with E-state index in [-0.39, 0.29) is 6.42 Å². The molecule has 6 heteroatoms. The fraction of sp³-hybridized carbons (Fsp3) is 0.250. The predicted molar refractivity (Wildman–Crippen MR) is 67.2 cm³/mol. The maximum Gasteiger partial charge on any atom is 0.311 e. The van der Waals surface area contributed by atoms with Gasteiger partial charge in [0.2, 0.25) is 0 Å². The zero-order valence-electron chi connectivity index (χ0n) is 10.0. The summed E-state index contributed by atoms with van der Waals surface area (Å²) in [4.78, 5) is 14.9. The molecule has 1 N–H and O–H groups in total. The molecule has 1 aromatic carbocycles. The molecule has 0 atom stereocenters. The quantitative estimate of drug-likeness (QED) is 0.923. The number of rotatable bonds is 3. The van der Waals surface area contributed by atoms with Crippen molar-refractivity contribution in [2.24, 2.45) is 0 Å². The number of carbonyl (C=O) groups is 1. The van der Waals surface area contributed by atoms with E-state index in [0.29, 0.717) is 16.7 Å². The first-order chi connectivity index (χ1) is 8.47. The van der Waals surface area contributed by atoms with E-state index in [1.165, 1.54) is 4.68 Å². The van der Waals surface area contributed by atoms with Crippen LogP contribution < -0.4 is 0 Å². The minimum Gasteiger partial charge on any atom is -0.481 e. The van der Waals surface area contributed by atoms with Crippen LogP contribution in [0.25, 0.3) is 5.69 Å². The Balaban J connectivity index is 2.55. The van der Waals surface area contributed by atoms with Crippen molar-refractivity contribution in [1.29, 1.82) is 0 Å². The molecule has 2 aromatic rings. The first-order valence-corrected chi connectivity index (χ1v) is 5.76. The summed E-state index contributed by atoms with van der Waals surface area (Å²) in [5, 5.41) is 13.7. The molecule has 0 amide bonds. The average Bonchev–Trinajstić information content (AvgIpc) is 2.62. The van der Waals surface area contributed by atoms with Crippen LogP contribution in [0.1, 0.15) is 17.2 Å². The van der Waals surface area contributed by atoms with Gasteiger partial charge in [0.25, 0.3) is 0 Å². The van der Waals surface area contributed by atoms with Crippen LogP contribution in [0.5, 0.6) is 0 Å². The zero-order valence-corrected chi connectivity index (χ0v) is 10.8. The van der Waals surface area contributed by atoms with Crippen molar-refractivity contribution < 1.29 is 9.90 Å². The highest BCUT2D eigenvalue weighted by Crippen LogP contribution is 2.20. The van der Waals surface area contributed by atoms with Crippen LogP contribution in [-0.4, -0.2) is 25.8 Å². The topological polar surface area (TPSA) is 68.0 Å². The maximum atomic E-state index is 10.8. The van der Waals surface area contributed by atoms with Crippen LogP contribution in [0.2, 0.25) is 5.02 Å². The molecule has 0 aliphatic heterocycles. The Morgan fingerprint density at radius 1 is 1.44 bits per heavy atom. The Labute approximate surface area is 109 Å². The summed E-state index contributed by atoms with van der Waals surface area (Å²) in [6, 6.07) is 5.39. The van der Waals surface area contributed by atoms with E-state index in [2.05, 4.69) is 10.1 Å². The van der Waals surface area contributed by atoms with E-state index >= 15 is 0 Å². The third-order valence-electron chi connectivity index (χ3n) is 2.49. The Morgan fingerprint density at radius 3 is 2.83 bits per heavy atom. The van der Waals surface area contributed by atoms with Crippen molar-refractivity contribution in [3.8, 4) is 5.69 Å². The summed E-state index contributed by atoms with van der Waals surface area (Å²) in [5.41, 5.74) is 1.70. The SMILES string of the molecule is Cc1nc(CC(=O)O)n(-c2cc(Cl)ccc2C)n1.